The van der Waals surface area contributed by atoms with E-state index in [-0.39, 0.29) is 4.67 Å². The molecule has 1 unspecified atom stereocenters. The Labute approximate surface area is 81.9 Å². The first-order valence-electron chi connectivity index (χ1n) is 7.30. The Bertz CT molecular complexity index is 373. The summed E-state index contributed by atoms with van der Waals surface area (Å²) in [6.07, 6.45) is 0. The van der Waals surface area contributed by atoms with Gasteiger partial charge in [-0.05, 0) is 42.1 Å². The molecule has 0 spiro atoms. The van der Waals surface area contributed by atoms with E-state index in [1.165, 1.54) is 0 Å². The molecule has 0 fully saturated rings. The van der Waals surface area contributed by atoms with Crippen molar-refractivity contribution in [2.45, 2.75) is 0 Å². The lowest BCUT2D eigenvalue weighted by Gasteiger charge is -2.34. The highest BCUT2D eigenvalue weighted by Crippen LogP contribution is 2.50. The summed E-state index contributed by atoms with van der Waals surface area (Å²) >= 11 is 0. The minimum atomic E-state index is -4.54. The van der Waals surface area contributed by atoms with Gasteiger partial charge in [-0.15, -0.1) is 0 Å². The van der Waals surface area contributed by atoms with Crippen LogP contribution in [0.4, 0.5) is 0 Å². The molecule has 0 radical (unpaired) electrons. The largest absolute Gasteiger partial charge is 0.285 e. The summed E-state index contributed by atoms with van der Waals surface area (Å²) in [6, 6.07) is 0. The lowest BCUT2D eigenvalue weighted by Crippen LogP contribution is -2.30. The van der Waals surface area contributed by atoms with E-state index >= 15 is 0 Å². The predicted octanol–water partition coefficient (Wildman–Crippen LogP) is 0.779. The van der Waals surface area contributed by atoms with Gasteiger partial charge in [0.25, 0.3) is 7.59 Å². The summed E-state index contributed by atoms with van der Waals surface area (Å²) in [4.78, 5) is 0. The lowest BCUT2D eigenvalue weighted by molar-refractivity contribution is 0.383. The van der Waals surface area contributed by atoms with Gasteiger partial charge in [-0.1, -0.05) is 0 Å². The van der Waals surface area contributed by atoms with Crippen LogP contribution in [0.5, 0.6) is 0 Å². The second kappa shape index (κ2) is 3.68. The summed E-state index contributed by atoms with van der Waals surface area (Å²) < 4.78 is 79.3. The average molecular weight is 188 g/mol. The van der Waals surface area contributed by atoms with Crippen LogP contribution in [0.15, 0.2) is 0 Å². The van der Waals surface area contributed by atoms with Gasteiger partial charge in [0.1, 0.15) is 0 Å². The van der Waals surface area contributed by atoms with Gasteiger partial charge in [0.15, 0.2) is 0 Å². The maximum Gasteiger partial charge on any atom is 0.285 e. The normalized spacial score (nSPS) is 33.5. The van der Waals surface area contributed by atoms with Crippen molar-refractivity contribution in [3.8, 4) is 0 Å². The van der Waals surface area contributed by atoms with E-state index in [0.717, 1.165) is 25.8 Å². The molecule has 5 heteroatoms. The third kappa shape index (κ3) is 2.03. The summed E-state index contributed by atoms with van der Waals surface area (Å²) in [5, 5.41) is 0. The lowest BCUT2D eigenvalue weighted by atomic mass is 11.2. The Morgan fingerprint density at radius 2 is 1.45 bits per heavy atom. The molecule has 0 aromatic carbocycles. The van der Waals surface area contributed by atoms with Crippen LogP contribution in [0.1, 0.15) is 12.3 Å². The van der Waals surface area contributed by atoms with Gasteiger partial charge < -0.3 is 0 Å². The van der Waals surface area contributed by atoms with Crippen LogP contribution in [-0.4, -0.2) is 56.1 Å². The van der Waals surface area contributed by atoms with E-state index in [1.54, 1.807) is 0 Å². The number of hydrogen-bond acceptors (Lipinski definition) is 1. The Kier molecular flexibility index (Phi) is 1.04. The molecule has 0 bridgehead atoms. The molecule has 0 saturated carbocycles. The smallest absolute Gasteiger partial charge is 0.270 e. The van der Waals surface area contributed by atoms with Gasteiger partial charge in [0, 0.05) is 12.3 Å². The molecule has 0 saturated heterocycles. The summed E-state index contributed by atoms with van der Waals surface area (Å²) in [5.74, 6) is 0. The fraction of sp³-hybridized carbons (Fsp3) is 1.00. The molecule has 0 amide bonds. The van der Waals surface area contributed by atoms with Crippen molar-refractivity contribution in [3.63, 3.8) is 0 Å². The fourth-order valence-corrected chi connectivity index (χ4v) is 1.74. The van der Waals surface area contributed by atoms with E-state index < -0.39 is 28.5 Å². The van der Waals surface area contributed by atoms with E-state index in [0.29, 0.717) is 4.67 Å². The first-order valence-corrected chi connectivity index (χ1v) is 4.36. The molecule has 0 aromatic heterocycles. The van der Waals surface area contributed by atoms with E-state index in [1.807, 2.05) is 0 Å². The highest BCUT2D eigenvalue weighted by molar-refractivity contribution is 7.56. The van der Waals surface area contributed by atoms with Crippen LogP contribution in [-0.2, 0) is 4.57 Å². The van der Waals surface area contributed by atoms with Crippen molar-refractivity contribution >= 4 is 7.59 Å². The Morgan fingerprint density at radius 3 is 1.73 bits per heavy atom. The van der Waals surface area contributed by atoms with Crippen LogP contribution in [0.2, 0.25) is 0 Å². The van der Waals surface area contributed by atoms with Crippen molar-refractivity contribution < 1.29 is 16.9 Å². The first-order chi connectivity index (χ1) is 8.46. The highest BCUT2D eigenvalue weighted by atomic mass is 31.2. The van der Waals surface area contributed by atoms with E-state index in [9.17, 15) is 4.57 Å². The standard InChI is InChI=1S/C6H18N3OP/c1-7(2)11(10,8(3)4)9(5)6/h1-6H3/i1D3,2D3,3D3. The van der Waals surface area contributed by atoms with Gasteiger partial charge in [-0.25, -0.2) is 14.0 Å². The zero-order chi connectivity index (χ0) is 16.7. The second-order valence-corrected chi connectivity index (χ2v) is 5.02. The topological polar surface area (TPSA) is 26.8 Å². The summed E-state index contributed by atoms with van der Waals surface area (Å²) in [7, 11) is -1.32. The Balaban J connectivity index is 6.21. The molecular weight excluding hydrogens is 161 g/mol. The molecule has 0 heterocycles. The SMILES string of the molecule is [2H]C([2H])([2H])N(C)P(=O)(N(C)C)N(C([2H])([2H])[2H])C([2H])([2H])[2H]. The maximum atomic E-state index is 13.0. The predicted molar refractivity (Wildman–Crippen MR) is 48.7 cm³/mol. The third-order valence-corrected chi connectivity index (χ3v) is 3.52. The molecule has 4 nitrogen and oxygen atoms in total. The minimum absolute atomic E-state index is 0.195. The monoisotopic (exact) mass is 188 g/mol. The van der Waals surface area contributed by atoms with Gasteiger partial charge in [-0.3, -0.25) is 4.57 Å². The van der Waals surface area contributed by atoms with Gasteiger partial charge in [0.2, 0.25) is 0 Å². The zero-order valence-electron chi connectivity index (χ0n) is 15.7. The fourth-order valence-electron chi connectivity index (χ4n) is 0.581. The maximum absolute atomic E-state index is 13.0. The molecule has 0 aliphatic rings. The third-order valence-electron chi connectivity index (χ3n) is 1.17. The molecule has 1 atom stereocenters. The van der Waals surface area contributed by atoms with Crippen LogP contribution in [0.3, 0.4) is 0 Å². The number of nitrogens with zero attached hydrogens (tertiary/aromatic N) is 3. The highest BCUT2D eigenvalue weighted by Gasteiger charge is 2.30. The molecule has 11 heavy (non-hydrogen) atoms. The van der Waals surface area contributed by atoms with Gasteiger partial charge in [0.05, 0.1) is 0 Å². The van der Waals surface area contributed by atoms with Crippen molar-refractivity contribution in [2.75, 3.05) is 42.1 Å². The minimum Gasteiger partial charge on any atom is -0.270 e. The van der Waals surface area contributed by atoms with Crippen molar-refractivity contribution in [1.82, 2.24) is 14.0 Å². The van der Waals surface area contributed by atoms with Crippen LogP contribution in [0.25, 0.3) is 0 Å². The van der Waals surface area contributed by atoms with Crippen LogP contribution in [0, 0.1) is 0 Å². The van der Waals surface area contributed by atoms with E-state index in [2.05, 4.69) is 0 Å². The number of rotatable bonds is 3. The first kappa shape index (κ1) is 3.11. The second-order valence-electron chi connectivity index (χ2n) is 2.20. The Hall–Kier alpha value is 0.110. The van der Waals surface area contributed by atoms with Crippen LogP contribution < -0.4 is 0 Å². The average Bonchev–Trinajstić information content (AvgIpc) is 2.09. The van der Waals surface area contributed by atoms with E-state index in [4.69, 9.17) is 12.3 Å². The molecule has 0 aliphatic carbocycles. The van der Waals surface area contributed by atoms with Gasteiger partial charge >= 0.3 is 0 Å². The van der Waals surface area contributed by atoms with Crippen molar-refractivity contribution in [1.29, 1.82) is 0 Å². The van der Waals surface area contributed by atoms with Gasteiger partial charge in [-0.2, -0.15) is 0 Å². The van der Waals surface area contributed by atoms with Crippen LogP contribution >= 0.6 is 7.59 Å². The number of hydrogen-bond donors (Lipinski definition) is 0. The van der Waals surface area contributed by atoms with Crippen molar-refractivity contribution in [2.24, 2.45) is 0 Å². The molecule has 68 valence electrons. The Morgan fingerprint density at radius 1 is 1.00 bits per heavy atom. The molecule has 0 N–H and O–H groups in total. The van der Waals surface area contributed by atoms with Crippen molar-refractivity contribution in [3.05, 3.63) is 0 Å². The molecular formula is C6H18N3OP. The zero-order valence-corrected chi connectivity index (χ0v) is 7.59. The molecule has 0 aliphatic heterocycles. The summed E-state index contributed by atoms with van der Waals surface area (Å²) in [6.45, 7) is -9.44. The molecule has 0 rings (SSSR count). The quantitative estimate of drug-likeness (QED) is 0.611. The molecule has 0 aromatic rings. The summed E-state index contributed by atoms with van der Waals surface area (Å²) in [5.41, 5.74) is 0.